The van der Waals surface area contributed by atoms with E-state index in [4.69, 9.17) is 0 Å². The molecule has 0 aliphatic carbocycles. The van der Waals surface area contributed by atoms with Crippen molar-refractivity contribution in [2.45, 2.75) is 25.3 Å². The summed E-state index contributed by atoms with van der Waals surface area (Å²) in [5, 5.41) is 5.10. The second kappa shape index (κ2) is 3.76. The topological polar surface area (TPSA) is 60.5 Å². The number of amides is 1. The van der Waals surface area contributed by atoms with Crippen LogP contribution in [0, 0.1) is 5.82 Å². The molecule has 2 aromatic rings. The summed E-state index contributed by atoms with van der Waals surface area (Å²) in [7, 11) is 0. The van der Waals surface area contributed by atoms with Gasteiger partial charge in [0.1, 0.15) is 5.82 Å². The highest BCUT2D eigenvalue weighted by Crippen LogP contribution is 2.46. The smallest absolute Gasteiger partial charge is 0.272 e. The predicted molar refractivity (Wildman–Crippen MR) is 80.4 cm³/mol. The van der Waals surface area contributed by atoms with E-state index in [-0.39, 0.29) is 11.4 Å². The number of hydrogen-bond donors (Lipinski definition) is 2. The molecule has 2 N–H and O–H groups in total. The zero-order chi connectivity index (χ0) is 15.1. The van der Waals surface area contributed by atoms with Crippen LogP contribution in [0.3, 0.4) is 0 Å². The summed E-state index contributed by atoms with van der Waals surface area (Å²) in [6, 6.07) is 2.77. The Morgan fingerprint density at radius 2 is 2.27 bits per heavy atom. The van der Waals surface area contributed by atoms with Crippen molar-refractivity contribution in [1.82, 2.24) is 15.3 Å². The summed E-state index contributed by atoms with van der Waals surface area (Å²) < 4.78 is 13.9. The quantitative estimate of drug-likeness (QED) is 0.782. The number of halogens is 1. The van der Waals surface area contributed by atoms with Gasteiger partial charge in [-0.2, -0.15) is 5.10 Å². The van der Waals surface area contributed by atoms with E-state index in [1.807, 2.05) is 0 Å². The number of rotatable bonds is 0. The van der Waals surface area contributed by atoms with E-state index in [1.54, 1.807) is 0 Å². The van der Waals surface area contributed by atoms with Gasteiger partial charge >= 0.3 is 0 Å². The van der Waals surface area contributed by atoms with Gasteiger partial charge in [-0.15, -0.1) is 0 Å². The number of carbonyl (C=O) groups excluding carboxylic acids is 1. The maximum absolute atomic E-state index is 13.9. The van der Waals surface area contributed by atoms with Gasteiger partial charge in [-0.25, -0.2) is 9.82 Å². The third-order valence-electron chi connectivity index (χ3n) is 5.36. The van der Waals surface area contributed by atoms with Crippen molar-refractivity contribution < 1.29 is 9.18 Å². The van der Waals surface area contributed by atoms with E-state index in [1.165, 1.54) is 12.1 Å². The van der Waals surface area contributed by atoms with Gasteiger partial charge in [0.15, 0.2) is 0 Å². The highest BCUT2D eigenvalue weighted by Gasteiger charge is 2.47. The first kappa shape index (κ1) is 12.3. The predicted octanol–water partition coefficient (Wildman–Crippen LogP) is 2.08. The number of aromatic amines is 1. The second-order valence-electron chi connectivity index (χ2n) is 6.55. The van der Waals surface area contributed by atoms with Gasteiger partial charge in [-0.05, 0) is 38.4 Å². The van der Waals surface area contributed by atoms with Crippen molar-refractivity contribution in [3.8, 4) is 0 Å². The average molecular weight is 298 g/mol. The molecule has 1 atom stereocenters. The number of hydrogen-bond acceptors (Lipinski definition) is 3. The standard InChI is InChI=1S/C16H15FN4O/c1-16-3-2-4-21(16)7-11-13-12-9(15(22)20-19-11)5-8(17)6-10(12)18-14(13)16/h5-6,18H,2-4,7H2,1H3,(H,20,22)/t16-/m0/s1. The molecule has 0 spiro atoms. The van der Waals surface area contributed by atoms with Gasteiger partial charge < -0.3 is 4.98 Å². The van der Waals surface area contributed by atoms with Gasteiger partial charge in [0, 0.05) is 23.2 Å². The first-order valence-corrected chi connectivity index (χ1v) is 7.56. The third kappa shape index (κ3) is 1.31. The second-order valence-corrected chi connectivity index (χ2v) is 6.55. The molecule has 0 unspecified atom stereocenters. The lowest BCUT2D eigenvalue weighted by Gasteiger charge is -2.39. The fourth-order valence-corrected chi connectivity index (χ4v) is 4.25. The molecular weight excluding hydrogens is 283 g/mol. The van der Waals surface area contributed by atoms with Crippen molar-refractivity contribution in [2.75, 3.05) is 13.1 Å². The Morgan fingerprint density at radius 3 is 3.14 bits per heavy atom. The molecule has 4 heterocycles. The maximum Gasteiger partial charge on any atom is 0.272 e. The number of hydrazone groups is 1. The SMILES string of the molecule is C[C@@]12CCCN1CC1=NNC(=O)c3cc(F)cc4[nH]c2c1c34. The molecule has 0 saturated carbocycles. The number of fused-ring (bicyclic) bond motifs is 2. The van der Waals surface area contributed by atoms with Gasteiger partial charge in [-0.3, -0.25) is 9.69 Å². The lowest BCUT2D eigenvalue weighted by atomic mass is 9.85. The van der Waals surface area contributed by atoms with Crippen molar-refractivity contribution in [1.29, 1.82) is 0 Å². The molecule has 6 heteroatoms. The first-order valence-electron chi connectivity index (χ1n) is 7.56. The van der Waals surface area contributed by atoms with Crippen LogP contribution in [-0.4, -0.2) is 34.6 Å². The highest BCUT2D eigenvalue weighted by molar-refractivity contribution is 6.21. The number of nitrogens with zero attached hydrogens (tertiary/aromatic N) is 2. The monoisotopic (exact) mass is 298 g/mol. The lowest BCUT2D eigenvalue weighted by Crippen LogP contribution is -2.47. The molecule has 22 heavy (non-hydrogen) atoms. The van der Waals surface area contributed by atoms with Crippen molar-refractivity contribution in [2.24, 2.45) is 5.10 Å². The Hall–Kier alpha value is -2.21. The Morgan fingerprint density at radius 1 is 1.41 bits per heavy atom. The molecule has 3 aliphatic heterocycles. The molecule has 5 nitrogen and oxygen atoms in total. The largest absolute Gasteiger partial charge is 0.356 e. The van der Waals surface area contributed by atoms with Crippen molar-refractivity contribution in [3.05, 3.63) is 34.8 Å². The highest BCUT2D eigenvalue weighted by atomic mass is 19.1. The average Bonchev–Trinajstić information content (AvgIpc) is 3.00. The maximum atomic E-state index is 13.9. The molecule has 0 radical (unpaired) electrons. The zero-order valence-electron chi connectivity index (χ0n) is 12.2. The van der Waals surface area contributed by atoms with Crippen LogP contribution in [0.5, 0.6) is 0 Å². The van der Waals surface area contributed by atoms with E-state index in [0.717, 1.165) is 41.7 Å². The Kier molecular flexibility index (Phi) is 2.11. The van der Waals surface area contributed by atoms with Crippen molar-refractivity contribution >= 4 is 22.5 Å². The minimum atomic E-state index is -0.409. The zero-order valence-corrected chi connectivity index (χ0v) is 12.2. The van der Waals surface area contributed by atoms with Gasteiger partial charge in [0.25, 0.3) is 5.91 Å². The number of aromatic nitrogens is 1. The minimum Gasteiger partial charge on any atom is -0.356 e. The van der Waals surface area contributed by atoms with Gasteiger partial charge in [0.2, 0.25) is 0 Å². The molecule has 1 amide bonds. The van der Waals surface area contributed by atoms with Crippen LogP contribution >= 0.6 is 0 Å². The molecule has 1 aromatic carbocycles. The number of H-pyrrole nitrogens is 1. The molecule has 0 bridgehead atoms. The third-order valence-corrected chi connectivity index (χ3v) is 5.36. The van der Waals surface area contributed by atoms with E-state index < -0.39 is 5.82 Å². The van der Waals surface area contributed by atoms with Crippen LogP contribution < -0.4 is 5.43 Å². The Bertz CT molecular complexity index is 884. The van der Waals surface area contributed by atoms with Crippen LogP contribution in [-0.2, 0) is 5.54 Å². The molecule has 1 saturated heterocycles. The Labute approximate surface area is 126 Å². The van der Waals surface area contributed by atoms with Crippen LogP contribution in [0.25, 0.3) is 10.9 Å². The van der Waals surface area contributed by atoms with Crippen LogP contribution in [0.4, 0.5) is 4.39 Å². The fourth-order valence-electron chi connectivity index (χ4n) is 4.25. The number of benzene rings is 1. The van der Waals surface area contributed by atoms with E-state index >= 15 is 0 Å². The van der Waals surface area contributed by atoms with Crippen molar-refractivity contribution in [3.63, 3.8) is 0 Å². The first-order chi connectivity index (χ1) is 10.6. The van der Waals surface area contributed by atoms with Crippen LogP contribution in [0.15, 0.2) is 17.2 Å². The number of carbonyl (C=O) groups is 1. The molecular formula is C16H15FN4O. The summed E-state index contributed by atoms with van der Waals surface area (Å²) in [5.41, 5.74) is 6.43. The summed E-state index contributed by atoms with van der Waals surface area (Å²) in [4.78, 5) is 18.0. The number of nitrogens with one attached hydrogen (secondary N) is 2. The summed E-state index contributed by atoms with van der Waals surface area (Å²) >= 11 is 0. The van der Waals surface area contributed by atoms with Crippen LogP contribution in [0.2, 0.25) is 0 Å². The summed E-state index contributed by atoms with van der Waals surface area (Å²) in [6.07, 6.45) is 2.19. The lowest BCUT2D eigenvalue weighted by molar-refractivity contribution is 0.0956. The van der Waals surface area contributed by atoms with E-state index in [9.17, 15) is 9.18 Å². The summed E-state index contributed by atoms with van der Waals surface area (Å²) in [5.74, 6) is -0.758. The molecule has 112 valence electrons. The minimum absolute atomic E-state index is 0.0888. The van der Waals surface area contributed by atoms with E-state index in [0.29, 0.717) is 17.6 Å². The normalized spacial score (nSPS) is 26.6. The van der Waals surface area contributed by atoms with Gasteiger partial charge in [0.05, 0.1) is 22.3 Å². The fraction of sp³-hybridized carbons (Fsp3) is 0.375. The van der Waals surface area contributed by atoms with Crippen LogP contribution in [0.1, 0.15) is 41.4 Å². The van der Waals surface area contributed by atoms with Gasteiger partial charge in [-0.1, -0.05) is 0 Å². The molecule has 3 aliphatic rings. The summed E-state index contributed by atoms with van der Waals surface area (Å²) in [6.45, 7) is 3.95. The molecule has 1 fully saturated rings. The van der Waals surface area contributed by atoms with E-state index in [2.05, 4.69) is 27.3 Å². The molecule has 1 aromatic heterocycles. The Balaban J connectivity index is 1.95. The molecule has 5 rings (SSSR count).